The Balaban J connectivity index is 2.46. The molecule has 0 aliphatic carbocycles. The minimum atomic E-state index is -0.284. The van der Waals surface area contributed by atoms with Gasteiger partial charge in [0.15, 0.2) is 0 Å². The van der Waals surface area contributed by atoms with Crippen molar-refractivity contribution in [2.45, 2.75) is 19.8 Å². The molecule has 110 valence electrons. The Morgan fingerprint density at radius 3 is 2.70 bits per heavy atom. The second-order valence-electron chi connectivity index (χ2n) is 4.40. The number of nitrogens with zero attached hydrogens (tertiary/aromatic N) is 1. The van der Waals surface area contributed by atoms with E-state index in [4.69, 9.17) is 9.47 Å². The molecule has 0 heterocycles. The average molecular weight is 279 g/mol. The Hall–Kier alpha value is -2.04. The summed E-state index contributed by atoms with van der Waals surface area (Å²) in [5.74, 6) is 0.403. The molecule has 0 bridgehead atoms. The van der Waals surface area contributed by atoms with E-state index in [1.807, 2.05) is 24.3 Å². The molecule has 0 atom stereocenters. The third-order valence-corrected chi connectivity index (χ3v) is 2.87. The summed E-state index contributed by atoms with van der Waals surface area (Å²) in [6.45, 7) is 2.48. The number of benzene rings is 1. The largest absolute Gasteiger partial charge is 0.497 e. The number of carbonyl (C=O) groups is 2. The van der Waals surface area contributed by atoms with Crippen molar-refractivity contribution < 1.29 is 19.1 Å². The van der Waals surface area contributed by atoms with Gasteiger partial charge < -0.3 is 14.4 Å². The van der Waals surface area contributed by atoms with Gasteiger partial charge in [-0.15, -0.1) is 0 Å². The molecule has 0 radical (unpaired) electrons. The lowest BCUT2D eigenvalue weighted by atomic mass is 10.1. The van der Waals surface area contributed by atoms with Gasteiger partial charge in [-0.3, -0.25) is 9.59 Å². The quantitative estimate of drug-likeness (QED) is 0.712. The minimum Gasteiger partial charge on any atom is -0.497 e. The molecule has 0 spiro atoms. The highest BCUT2D eigenvalue weighted by atomic mass is 16.5. The third kappa shape index (κ3) is 5.30. The monoisotopic (exact) mass is 279 g/mol. The molecule has 0 fully saturated rings. The second kappa shape index (κ2) is 8.19. The normalized spacial score (nSPS) is 9.95. The van der Waals surface area contributed by atoms with Gasteiger partial charge in [0.25, 0.3) is 0 Å². The van der Waals surface area contributed by atoms with Crippen LogP contribution in [0.2, 0.25) is 0 Å². The van der Waals surface area contributed by atoms with Gasteiger partial charge in [-0.05, 0) is 24.6 Å². The van der Waals surface area contributed by atoms with Gasteiger partial charge >= 0.3 is 5.97 Å². The van der Waals surface area contributed by atoms with Crippen molar-refractivity contribution in [2.75, 3.05) is 27.3 Å². The lowest BCUT2D eigenvalue weighted by molar-refractivity contribution is -0.143. The molecule has 1 aromatic carbocycles. The SMILES string of the molecule is CCOC(=O)CCN(C)C(=O)Cc1cccc(OC)c1. The van der Waals surface area contributed by atoms with E-state index in [2.05, 4.69) is 0 Å². The highest BCUT2D eigenvalue weighted by molar-refractivity contribution is 5.79. The number of rotatable bonds is 7. The van der Waals surface area contributed by atoms with Gasteiger partial charge in [-0.2, -0.15) is 0 Å². The van der Waals surface area contributed by atoms with Crippen molar-refractivity contribution in [3.8, 4) is 5.75 Å². The highest BCUT2D eigenvalue weighted by Gasteiger charge is 2.12. The zero-order valence-corrected chi connectivity index (χ0v) is 12.2. The molecule has 0 N–H and O–H groups in total. The molecule has 20 heavy (non-hydrogen) atoms. The van der Waals surface area contributed by atoms with Crippen LogP contribution in [-0.4, -0.2) is 44.1 Å². The molecule has 0 saturated heterocycles. The first-order valence-electron chi connectivity index (χ1n) is 6.59. The van der Waals surface area contributed by atoms with E-state index in [0.29, 0.717) is 13.2 Å². The number of esters is 1. The summed E-state index contributed by atoms with van der Waals surface area (Å²) in [4.78, 5) is 24.8. The lowest BCUT2D eigenvalue weighted by Crippen LogP contribution is -2.30. The van der Waals surface area contributed by atoms with Gasteiger partial charge in [0.2, 0.25) is 5.91 Å². The van der Waals surface area contributed by atoms with Crippen molar-refractivity contribution in [2.24, 2.45) is 0 Å². The van der Waals surface area contributed by atoms with E-state index in [-0.39, 0.29) is 24.7 Å². The zero-order chi connectivity index (χ0) is 15.0. The van der Waals surface area contributed by atoms with Gasteiger partial charge in [0.1, 0.15) is 5.75 Å². The van der Waals surface area contributed by atoms with Crippen LogP contribution in [0.3, 0.4) is 0 Å². The van der Waals surface area contributed by atoms with Gasteiger partial charge in [-0.25, -0.2) is 0 Å². The molecule has 1 amide bonds. The van der Waals surface area contributed by atoms with E-state index in [1.165, 1.54) is 4.90 Å². The van der Waals surface area contributed by atoms with Crippen molar-refractivity contribution >= 4 is 11.9 Å². The summed E-state index contributed by atoms with van der Waals surface area (Å²) in [7, 11) is 3.27. The van der Waals surface area contributed by atoms with Crippen LogP contribution >= 0.6 is 0 Å². The maximum absolute atomic E-state index is 12.0. The first kappa shape index (κ1) is 16.0. The standard InChI is InChI=1S/C15H21NO4/c1-4-20-15(18)8-9-16(2)14(17)11-12-6-5-7-13(10-12)19-3/h5-7,10H,4,8-9,11H2,1-3H3. The Bertz CT molecular complexity index is 459. The van der Waals surface area contributed by atoms with E-state index in [9.17, 15) is 9.59 Å². The number of likely N-dealkylation sites (N-methyl/N-ethyl adjacent to an activating group) is 1. The zero-order valence-electron chi connectivity index (χ0n) is 12.2. The Labute approximate surface area is 119 Å². The molecule has 0 aliphatic rings. The van der Waals surface area contributed by atoms with Crippen molar-refractivity contribution in [3.63, 3.8) is 0 Å². The molecule has 0 unspecified atom stereocenters. The predicted octanol–water partition coefficient (Wildman–Crippen LogP) is 1.65. The van der Waals surface area contributed by atoms with Crippen LogP contribution in [0.5, 0.6) is 5.75 Å². The van der Waals surface area contributed by atoms with Crippen LogP contribution in [0.1, 0.15) is 18.9 Å². The molecule has 1 aromatic rings. The molecule has 5 nitrogen and oxygen atoms in total. The number of hydrogen-bond donors (Lipinski definition) is 0. The van der Waals surface area contributed by atoms with Crippen LogP contribution in [-0.2, 0) is 20.7 Å². The summed E-state index contributed by atoms with van der Waals surface area (Å²) >= 11 is 0. The summed E-state index contributed by atoms with van der Waals surface area (Å²) in [6, 6.07) is 7.38. The van der Waals surface area contributed by atoms with Gasteiger partial charge in [0.05, 0.1) is 26.6 Å². The van der Waals surface area contributed by atoms with E-state index in [0.717, 1.165) is 11.3 Å². The summed E-state index contributed by atoms with van der Waals surface area (Å²) < 4.78 is 9.94. The molecule has 5 heteroatoms. The van der Waals surface area contributed by atoms with Crippen LogP contribution in [0.25, 0.3) is 0 Å². The molecule has 1 rings (SSSR count). The first-order chi connectivity index (χ1) is 9.56. The fourth-order valence-electron chi connectivity index (χ4n) is 1.71. The van der Waals surface area contributed by atoms with E-state index in [1.54, 1.807) is 21.1 Å². The number of ether oxygens (including phenoxy) is 2. The molecular weight excluding hydrogens is 258 g/mol. The average Bonchev–Trinajstić information content (AvgIpc) is 2.45. The minimum absolute atomic E-state index is 0.0393. The molecule has 0 aliphatic heterocycles. The van der Waals surface area contributed by atoms with Gasteiger partial charge in [-0.1, -0.05) is 12.1 Å². The van der Waals surface area contributed by atoms with Crippen molar-refractivity contribution in [1.29, 1.82) is 0 Å². The highest BCUT2D eigenvalue weighted by Crippen LogP contribution is 2.13. The maximum atomic E-state index is 12.0. The Morgan fingerprint density at radius 2 is 2.05 bits per heavy atom. The Kier molecular flexibility index (Phi) is 6.56. The number of hydrogen-bond acceptors (Lipinski definition) is 4. The lowest BCUT2D eigenvalue weighted by Gasteiger charge is -2.16. The predicted molar refractivity (Wildman–Crippen MR) is 75.6 cm³/mol. The number of amides is 1. The smallest absolute Gasteiger partial charge is 0.307 e. The Morgan fingerprint density at radius 1 is 1.30 bits per heavy atom. The molecule has 0 saturated carbocycles. The number of methoxy groups -OCH3 is 1. The summed E-state index contributed by atoms with van der Waals surface area (Å²) in [5, 5.41) is 0. The van der Waals surface area contributed by atoms with Crippen molar-refractivity contribution in [1.82, 2.24) is 4.90 Å². The van der Waals surface area contributed by atoms with Crippen LogP contribution in [0.4, 0.5) is 0 Å². The summed E-state index contributed by atoms with van der Waals surface area (Å²) in [5.41, 5.74) is 0.886. The van der Waals surface area contributed by atoms with Crippen LogP contribution in [0, 0.1) is 0 Å². The third-order valence-electron chi connectivity index (χ3n) is 2.87. The topological polar surface area (TPSA) is 55.8 Å². The summed E-state index contributed by atoms with van der Waals surface area (Å²) in [6.07, 6.45) is 0.505. The second-order valence-corrected chi connectivity index (χ2v) is 4.40. The first-order valence-corrected chi connectivity index (χ1v) is 6.59. The van der Waals surface area contributed by atoms with E-state index < -0.39 is 0 Å². The fraction of sp³-hybridized carbons (Fsp3) is 0.467. The van der Waals surface area contributed by atoms with E-state index >= 15 is 0 Å². The van der Waals surface area contributed by atoms with Crippen LogP contribution in [0.15, 0.2) is 24.3 Å². The van der Waals surface area contributed by atoms with Crippen molar-refractivity contribution in [3.05, 3.63) is 29.8 Å². The maximum Gasteiger partial charge on any atom is 0.307 e. The van der Waals surface area contributed by atoms with Crippen LogP contribution < -0.4 is 4.74 Å². The molecular formula is C15H21NO4. The van der Waals surface area contributed by atoms with Gasteiger partial charge in [0, 0.05) is 13.6 Å². The molecule has 0 aromatic heterocycles. The number of carbonyl (C=O) groups excluding carboxylic acids is 2. The fourth-order valence-corrected chi connectivity index (χ4v) is 1.71.